The van der Waals surface area contributed by atoms with Crippen LogP contribution in [0.1, 0.15) is 156 Å². The van der Waals surface area contributed by atoms with Gasteiger partial charge < -0.3 is 13.9 Å². The number of aromatic nitrogens is 4. The Labute approximate surface area is 594 Å². The summed E-state index contributed by atoms with van der Waals surface area (Å²) in [4.78, 5) is 4.79. The second kappa shape index (κ2) is 22.7. The Morgan fingerprint density at radius 1 is 0.562 bits per heavy atom. The number of nitrogens with zero attached hydrogens (tertiary/aromatic N) is 4. The van der Waals surface area contributed by atoms with Crippen LogP contribution in [0, 0.1) is 18.5 Å². The van der Waals surface area contributed by atoms with E-state index in [-0.39, 0.29) is 60.3 Å². The first-order chi connectivity index (χ1) is 58.1. The van der Waals surface area contributed by atoms with Gasteiger partial charge in [0, 0.05) is 66.2 Å². The second-order valence-corrected chi connectivity index (χ2v) is 26.8. The smallest absolute Gasteiger partial charge is 0.268 e. The van der Waals surface area contributed by atoms with Gasteiger partial charge in [0.2, 0.25) is 0 Å². The van der Waals surface area contributed by atoms with Crippen molar-refractivity contribution in [1.82, 2.24) is 14.1 Å². The predicted molar refractivity (Wildman–Crippen MR) is 367 cm³/mol. The van der Waals surface area contributed by atoms with Crippen molar-refractivity contribution in [3.8, 4) is 50.9 Å². The molecule has 0 fully saturated rings. The van der Waals surface area contributed by atoms with Crippen molar-refractivity contribution in [1.29, 1.82) is 0 Å². The van der Waals surface area contributed by atoms with Gasteiger partial charge in [-0.2, -0.15) is 18.2 Å². The first kappa shape index (κ1) is 29.8. The predicted octanol–water partition coefficient (Wildman–Crippen LogP) is 17.2. The summed E-state index contributed by atoms with van der Waals surface area (Å²) in [6.45, 7) is -7.49. The van der Waals surface area contributed by atoms with E-state index in [1.54, 1.807) is 18.3 Å². The van der Waals surface area contributed by atoms with Crippen LogP contribution in [0.4, 0.5) is 0 Å². The molecule has 0 N–H and O–H groups in total. The number of imidazole rings is 1. The van der Waals surface area contributed by atoms with E-state index < -0.39 is 257 Å². The third-order valence-electron chi connectivity index (χ3n) is 15.5. The fourth-order valence-electron chi connectivity index (χ4n) is 11.2. The molecule has 0 spiro atoms. The van der Waals surface area contributed by atoms with E-state index in [9.17, 15) is 39.8 Å². The van der Waals surface area contributed by atoms with Gasteiger partial charge in [0.15, 0.2) is 8.07 Å². The van der Waals surface area contributed by atoms with Gasteiger partial charge in [-0.05, 0) is 129 Å². The van der Waals surface area contributed by atoms with Gasteiger partial charge in [0.05, 0.1) is 46.9 Å². The summed E-state index contributed by atoms with van der Waals surface area (Å²) in [6.07, 6.45) is -4.75. The molecule has 1 aliphatic rings. The zero-order valence-electron chi connectivity index (χ0n) is 86.4. The monoisotopic (exact) mass is 1390 g/mol. The Morgan fingerprint density at radius 3 is 1.81 bits per heavy atom. The maximum Gasteiger partial charge on any atom is 0.268 e. The molecule has 13 aromatic rings. The topological polar surface area (TPSA) is 35.9 Å². The average Bonchev–Trinajstić information content (AvgIpc) is 1.03. The van der Waals surface area contributed by atoms with Crippen LogP contribution in [-0.4, -0.2) is 22.2 Å². The average molecular weight is 1390 g/mol. The van der Waals surface area contributed by atoms with Crippen LogP contribution < -0.4 is 30.1 Å². The molecule has 3 aromatic heterocycles. The molecule has 0 radical (unpaired) electrons. The summed E-state index contributed by atoms with van der Waals surface area (Å²) in [5, 5.41) is -3.40. The minimum atomic E-state index is -6.75. The van der Waals surface area contributed by atoms with E-state index in [1.807, 2.05) is 47.0 Å². The van der Waals surface area contributed by atoms with Gasteiger partial charge in [-0.25, -0.2) is 4.98 Å². The summed E-state index contributed by atoms with van der Waals surface area (Å²) in [7, 11) is -6.75. The molecule has 1 aliphatic carbocycles. The molecule has 7 heteroatoms. The normalized spacial score (nSPS) is 21.8. The first-order valence-corrected chi connectivity index (χ1v) is 29.8. The van der Waals surface area contributed by atoms with Crippen molar-refractivity contribution in [3.05, 3.63) is 283 Å². The molecule has 14 rings (SSSR count). The van der Waals surface area contributed by atoms with Crippen LogP contribution in [0.2, 0.25) is 0 Å². The van der Waals surface area contributed by atoms with E-state index in [4.69, 9.17) is 22.1 Å². The fourth-order valence-corrected chi connectivity index (χ4v) is 14.7. The minimum Gasteiger partial charge on any atom is -0.510 e. The Morgan fingerprint density at radius 2 is 1.16 bits per heavy atom. The maximum atomic E-state index is 11.2. The molecule has 5 nitrogen and oxygen atoms in total. The molecular formula is C82H74N4OPtSi-2. The molecule has 89 heavy (non-hydrogen) atoms. The SMILES string of the molecule is [2H]c1c([2H])c([2H])c([Si](c2c([2H])c([2H])c([2H])c([2H])c2[2H])(c2c([2H])c([2H])c([2H])c([2H])c2[2H])c2c([2H])c([2H])c([2H])c(-c3cc(C(C)(C)C)cc(-c4c([2H])c([2H])c5c(c4[2H])C(C([2H])([2H])[2H])(C([2H])([2H])[2H])C([2H])([2H])C([2H])([2H])C5(C([2H])([2H])[2H])C([2H])([2H])[2H])c3-[n+]3[c-]n(-c4[c-]c(Oc5[c-]c6c(cc5)c5ccccc5n6-c5cc(C(C)(C)C)ccn5)ccc4)c4ccccc43)c2[2H])c([2H])c1[2H].[Pt]. The van der Waals surface area contributed by atoms with Crippen molar-refractivity contribution in [2.45, 2.75) is 103 Å². The van der Waals surface area contributed by atoms with Crippen molar-refractivity contribution in [2.24, 2.45) is 0 Å². The van der Waals surface area contributed by atoms with Crippen LogP contribution in [-0.2, 0) is 42.7 Å². The minimum absolute atomic E-state index is 0. The van der Waals surface area contributed by atoms with Gasteiger partial charge in [0.1, 0.15) is 5.82 Å². The molecule has 3 heterocycles. The van der Waals surface area contributed by atoms with E-state index in [0.717, 1.165) is 32.5 Å². The Kier molecular flexibility index (Phi) is 7.60. The van der Waals surface area contributed by atoms with Crippen molar-refractivity contribution < 1.29 is 82.5 Å². The molecule has 0 amide bonds. The van der Waals surface area contributed by atoms with Crippen LogP contribution in [0.3, 0.4) is 0 Å². The second-order valence-electron chi connectivity index (χ2n) is 23.3. The van der Waals surface area contributed by atoms with Crippen molar-refractivity contribution in [2.75, 3.05) is 0 Å². The molecule has 0 atom stereocenters. The number of benzene rings is 10. The molecule has 0 saturated carbocycles. The zero-order chi connectivity index (χ0) is 93.5. The number of rotatable bonds is 11. The summed E-state index contributed by atoms with van der Waals surface area (Å²) in [6, 6.07) is 4.52. The molecule has 0 aliphatic heterocycles. The van der Waals surface area contributed by atoms with Gasteiger partial charge in [-0.3, -0.25) is 4.57 Å². The van der Waals surface area contributed by atoms with Crippen LogP contribution in [0.5, 0.6) is 11.5 Å². The van der Waals surface area contributed by atoms with Gasteiger partial charge in [-0.1, -0.05) is 262 Å². The van der Waals surface area contributed by atoms with E-state index >= 15 is 0 Å². The molecule has 444 valence electrons. The molecule has 0 unspecified atom stereocenters. The number of fused-ring (bicyclic) bond motifs is 5. The number of hydrogen-bond acceptors (Lipinski definition) is 2. The first-order valence-electron chi connectivity index (χ1n) is 46.8. The summed E-state index contributed by atoms with van der Waals surface area (Å²) in [5.41, 5.74) is -17.4. The van der Waals surface area contributed by atoms with Gasteiger partial charge >= 0.3 is 0 Å². The number of hydrogen-bond donors (Lipinski definition) is 0. The molecule has 0 saturated heterocycles. The van der Waals surface area contributed by atoms with Crippen LogP contribution in [0.25, 0.3) is 72.3 Å². The van der Waals surface area contributed by atoms with E-state index in [0.29, 0.717) is 11.3 Å². The van der Waals surface area contributed by atoms with Crippen molar-refractivity contribution in [3.63, 3.8) is 0 Å². The van der Waals surface area contributed by atoms with Gasteiger partial charge in [-0.15, -0.1) is 29.7 Å². The molecular weight excluding hydrogens is 1280 g/mol. The van der Waals surface area contributed by atoms with Gasteiger partial charge in [0.25, 0.3) is 6.33 Å². The summed E-state index contributed by atoms with van der Waals surface area (Å²) in [5.74, 6) is 0.710. The third kappa shape index (κ3) is 10.5. The number of para-hydroxylation sites is 3. The standard InChI is InChI=1S/C82H74N4OSi.Pt/c1-79(2,3)58-44-47-83-77(52-58)86-73-37-21-20-36-67(73)68-42-41-62(54-76(68)86)87-61-28-25-27-60(53-61)84-55-85(75-39-23-22-38-74(75)84)78-69(50-59(80(4,5)6)51-70(78)57-40-43-71-72(49-57)82(9,10)46-45-81(71,7)8)56-26-24-35-66(48-56)88(63-29-14-11-15-30-63,64-31-16-12-17-32-64)65-33-18-13-19-34-65;/h11-44,47-52H,45-46H2,1-10H3;/q-2;/i7D3,8D3,9D3,10D3,11D,12D,13D,14D,15D,16D,17D,18D,19D,24D,26D,29D,30D,31D,32D,33D,34D,35D,40D,43D,45D2,46D2,48D,49D;. The van der Waals surface area contributed by atoms with E-state index in [1.165, 1.54) is 67.8 Å². The third-order valence-corrected chi connectivity index (χ3v) is 19.5. The Bertz CT molecular complexity index is 6570. The number of pyridine rings is 1. The summed E-state index contributed by atoms with van der Waals surface area (Å²) < 4.78 is 376. The van der Waals surface area contributed by atoms with E-state index in [2.05, 4.69) is 39.2 Å². The maximum absolute atomic E-state index is 11.2. The quantitative estimate of drug-likeness (QED) is 0.0560. The number of ether oxygens (including phenoxy) is 1. The largest absolute Gasteiger partial charge is 0.510 e. The molecule has 0 bridgehead atoms. The fraction of sp³-hybridized carbons (Fsp3) is 0.195. The Hall–Kier alpha value is -8.67. The Balaban J connectivity index is 0.0000138. The van der Waals surface area contributed by atoms with Crippen molar-refractivity contribution >= 4 is 61.7 Å². The summed E-state index contributed by atoms with van der Waals surface area (Å²) >= 11 is 0. The van der Waals surface area contributed by atoms with Crippen LogP contribution >= 0.6 is 0 Å². The molecule has 10 aromatic carbocycles. The van der Waals surface area contributed by atoms with Crippen LogP contribution in [0.15, 0.2) is 242 Å². The zero-order valence-corrected chi connectivity index (χ0v) is 51.7.